The second-order valence-corrected chi connectivity index (χ2v) is 10.0. The van der Waals surface area contributed by atoms with Gasteiger partial charge in [0, 0.05) is 12.6 Å². The van der Waals surface area contributed by atoms with Crippen LogP contribution in [0.3, 0.4) is 0 Å². The summed E-state index contributed by atoms with van der Waals surface area (Å²) < 4.78 is 1.72. The maximum absolute atomic E-state index is 13.8. The summed E-state index contributed by atoms with van der Waals surface area (Å²) in [6, 6.07) is 14.1. The van der Waals surface area contributed by atoms with Gasteiger partial charge in [0.1, 0.15) is 16.9 Å². The van der Waals surface area contributed by atoms with Crippen molar-refractivity contribution in [3.8, 4) is 10.6 Å². The Balaban J connectivity index is 1.53. The molecule has 5 rings (SSSR count). The summed E-state index contributed by atoms with van der Waals surface area (Å²) in [6.07, 6.45) is 4.29. The fraction of sp³-hybridized carbons (Fsp3) is 0.400. The predicted octanol–water partition coefficient (Wildman–Crippen LogP) is 4.39. The molecule has 0 saturated heterocycles. The van der Waals surface area contributed by atoms with Crippen molar-refractivity contribution in [1.29, 1.82) is 0 Å². The average molecular weight is 449 g/mol. The molecule has 166 valence electrons. The minimum absolute atomic E-state index is 0.0924. The molecule has 1 saturated carbocycles. The highest BCUT2D eigenvalue weighted by Crippen LogP contribution is 2.33. The first-order valence-electron chi connectivity index (χ1n) is 11.2. The molecule has 0 bridgehead atoms. The molecule has 7 heteroatoms. The molecule has 2 aliphatic rings. The maximum atomic E-state index is 13.8. The number of carbonyl (C=O) groups is 2. The van der Waals surface area contributed by atoms with Crippen molar-refractivity contribution in [3.05, 3.63) is 64.7 Å². The molecule has 3 aromatic rings. The number of nitrogens with one attached hydrogen (secondary N) is 1. The van der Waals surface area contributed by atoms with Gasteiger partial charge in [-0.25, -0.2) is 0 Å². The van der Waals surface area contributed by atoms with Crippen molar-refractivity contribution >= 4 is 23.2 Å². The van der Waals surface area contributed by atoms with Crippen LogP contribution in [0.15, 0.2) is 47.8 Å². The van der Waals surface area contributed by atoms with Crippen LogP contribution in [0.1, 0.15) is 54.2 Å². The van der Waals surface area contributed by atoms with Gasteiger partial charge in [0.25, 0.3) is 5.91 Å². The van der Waals surface area contributed by atoms with Crippen molar-refractivity contribution in [2.24, 2.45) is 0 Å². The van der Waals surface area contributed by atoms with E-state index in [-0.39, 0.29) is 17.9 Å². The number of amides is 2. The lowest BCUT2D eigenvalue weighted by atomic mass is 9.93. The van der Waals surface area contributed by atoms with E-state index in [1.807, 2.05) is 61.7 Å². The number of benzene rings is 1. The van der Waals surface area contributed by atoms with Crippen LogP contribution in [0.25, 0.3) is 10.6 Å². The van der Waals surface area contributed by atoms with Gasteiger partial charge in [-0.05, 0) is 55.3 Å². The van der Waals surface area contributed by atoms with Crippen LogP contribution >= 0.6 is 11.3 Å². The van der Waals surface area contributed by atoms with E-state index in [1.165, 1.54) is 0 Å². The van der Waals surface area contributed by atoms with E-state index in [0.717, 1.165) is 47.4 Å². The summed E-state index contributed by atoms with van der Waals surface area (Å²) in [6.45, 7) is 4.64. The number of aromatic nitrogens is 2. The second kappa shape index (κ2) is 8.20. The first kappa shape index (κ1) is 20.9. The molecule has 1 aliphatic heterocycles. The number of rotatable bonds is 5. The predicted molar refractivity (Wildman–Crippen MR) is 125 cm³/mol. The molecule has 1 unspecified atom stereocenters. The van der Waals surface area contributed by atoms with Crippen molar-refractivity contribution in [2.45, 2.75) is 64.2 Å². The molecule has 0 spiro atoms. The Morgan fingerprint density at radius 1 is 1.22 bits per heavy atom. The standard InChI is InChI=1S/C25H28N4O2S/c1-17-8-3-4-9-18(17)15-28-23(30)21-14-20(22-12-7-13-32-22)27-29(21)16-25(28,2)24(31)26-19-10-5-6-11-19/h3-4,7-9,12-14,19H,5-6,10-11,15-16H2,1-2H3,(H,26,31). The number of thiophene rings is 1. The van der Waals surface area contributed by atoms with Crippen molar-refractivity contribution in [1.82, 2.24) is 20.0 Å². The Bertz CT molecular complexity index is 1150. The number of fused-ring (bicyclic) bond motifs is 1. The monoisotopic (exact) mass is 448 g/mol. The van der Waals surface area contributed by atoms with Crippen LogP contribution in [0.5, 0.6) is 0 Å². The summed E-state index contributed by atoms with van der Waals surface area (Å²) in [5.74, 6) is -0.246. The van der Waals surface area contributed by atoms with Crippen molar-refractivity contribution in [3.63, 3.8) is 0 Å². The van der Waals surface area contributed by atoms with E-state index in [1.54, 1.807) is 20.9 Å². The van der Waals surface area contributed by atoms with Crippen LogP contribution in [0.4, 0.5) is 0 Å². The molecule has 1 atom stereocenters. The lowest BCUT2D eigenvalue weighted by molar-refractivity contribution is -0.134. The Morgan fingerprint density at radius 3 is 2.72 bits per heavy atom. The molecule has 6 nitrogen and oxygen atoms in total. The molecule has 3 heterocycles. The van der Waals surface area contributed by atoms with E-state index in [4.69, 9.17) is 5.10 Å². The molecule has 1 aromatic carbocycles. The summed E-state index contributed by atoms with van der Waals surface area (Å²) in [5.41, 5.74) is 2.45. The lowest BCUT2D eigenvalue weighted by Crippen LogP contribution is -2.64. The molecular formula is C25H28N4O2S. The summed E-state index contributed by atoms with van der Waals surface area (Å²) >= 11 is 1.59. The molecular weight excluding hydrogens is 420 g/mol. The maximum Gasteiger partial charge on any atom is 0.273 e. The van der Waals surface area contributed by atoms with Gasteiger partial charge >= 0.3 is 0 Å². The molecule has 2 aromatic heterocycles. The smallest absolute Gasteiger partial charge is 0.273 e. The van der Waals surface area contributed by atoms with Crippen LogP contribution in [-0.2, 0) is 17.9 Å². The Kier molecular flexibility index (Phi) is 5.37. The van der Waals surface area contributed by atoms with Gasteiger partial charge < -0.3 is 10.2 Å². The second-order valence-electron chi connectivity index (χ2n) is 9.10. The fourth-order valence-electron chi connectivity index (χ4n) is 4.80. The van der Waals surface area contributed by atoms with E-state index < -0.39 is 5.54 Å². The topological polar surface area (TPSA) is 67.2 Å². The van der Waals surface area contributed by atoms with Gasteiger partial charge in [0.2, 0.25) is 5.91 Å². The van der Waals surface area contributed by atoms with Gasteiger partial charge in [-0.3, -0.25) is 14.3 Å². The summed E-state index contributed by atoms with van der Waals surface area (Å²) in [5, 5.41) is 9.94. The molecule has 1 aliphatic carbocycles. The minimum Gasteiger partial charge on any atom is -0.351 e. The normalized spacial score (nSPS) is 21.1. The zero-order chi connectivity index (χ0) is 22.3. The molecule has 2 amide bonds. The largest absolute Gasteiger partial charge is 0.351 e. The van der Waals surface area contributed by atoms with Crippen LogP contribution < -0.4 is 5.32 Å². The number of carbonyl (C=O) groups excluding carboxylic acids is 2. The van der Waals surface area contributed by atoms with Crippen LogP contribution in [0.2, 0.25) is 0 Å². The number of nitrogens with zero attached hydrogens (tertiary/aromatic N) is 3. The zero-order valence-corrected chi connectivity index (χ0v) is 19.3. The van der Waals surface area contributed by atoms with Gasteiger partial charge in [-0.1, -0.05) is 43.2 Å². The highest BCUT2D eigenvalue weighted by Gasteiger charge is 2.48. The van der Waals surface area contributed by atoms with E-state index in [0.29, 0.717) is 18.8 Å². The Labute approximate surface area is 192 Å². The quantitative estimate of drug-likeness (QED) is 0.629. The van der Waals surface area contributed by atoms with E-state index in [9.17, 15) is 9.59 Å². The van der Waals surface area contributed by atoms with Crippen LogP contribution in [-0.4, -0.2) is 38.1 Å². The number of hydrogen-bond acceptors (Lipinski definition) is 4. The third-order valence-electron chi connectivity index (χ3n) is 6.84. The van der Waals surface area contributed by atoms with Crippen LogP contribution in [0, 0.1) is 6.92 Å². The zero-order valence-electron chi connectivity index (χ0n) is 18.5. The van der Waals surface area contributed by atoms with Gasteiger partial charge in [-0.15, -0.1) is 11.3 Å². The van der Waals surface area contributed by atoms with E-state index in [2.05, 4.69) is 5.32 Å². The van der Waals surface area contributed by atoms with E-state index >= 15 is 0 Å². The highest BCUT2D eigenvalue weighted by molar-refractivity contribution is 7.13. The Hall–Kier alpha value is -2.93. The third kappa shape index (κ3) is 3.64. The molecule has 1 fully saturated rings. The first-order chi connectivity index (χ1) is 15.5. The van der Waals surface area contributed by atoms with Crippen molar-refractivity contribution in [2.75, 3.05) is 0 Å². The average Bonchev–Trinajstić information content (AvgIpc) is 3.53. The molecule has 1 N–H and O–H groups in total. The van der Waals surface area contributed by atoms with Gasteiger partial charge in [0.05, 0.1) is 11.4 Å². The fourth-order valence-corrected chi connectivity index (χ4v) is 5.48. The number of aryl methyl sites for hydroxylation is 1. The van der Waals surface area contributed by atoms with Crippen molar-refractivity contribution < 1.29 is 9.59 Å². The number of hydrogen-bond donors (Lipinski definition) is 1. The SMILES string of the molecule is Cc1ccccc1CN1C(=O)c2cc(-c3cccs3)nn2CC1(C)C(=O)NC1CCCC1. The minimum atomic E-state index is -1.02. The highest BCUT2D eigenvalue weighted by atomic mass is 32.1. The summed E-state index contributed by atoms with van der Waals surface area (Å²) in [4.78, 5) is 30.1. The molecule has 0 radical (unpaired) electrons. The molecule has 32 heavy (non-hydrogen) atoms. The van der Waals surface area contributed by atoms with Gasteiger partial charge in [0.15, 0.2) is 0 Å². The lowest BCUT2D eigenvalue weighted by Gasteiger charge is -2.44. The Morgan fingerprint density at radius 2 is 2.00 bits per heavy atom. The third-order valence-corrected chi connectivity index (χ3v) is 7.73. The first-order valence-corrected chi connectivity index (χ1v) is 12.1. The summed E-state index contributed by atoms with van der Waals surface area (Å²) in [7, 11) is 0. The van der Waals surface area contributed by atoms with Gasteiger partial charge in [-0.2, -0.15) is 5.10 Å².